The van der Waals surface area contributed by atoms with E-state index >= 15 is 0 Å². The fraction of sp³-hybridized carbons (Fsp3) is 0.737. The van der Waals surface area contributed by atoms with E-state index in [0.717, 1.165) is 9.31 Å². The van der Waals surface area contributed by atoms with Gasteiger partial charge in [0.2, 0.25) is 0 Å². The number of ether oxygens (including phenoxy) is 1. The van der Waals surface area contributed by atoms with Crippen molar-refractivity contribution in [2.45, 2.75) is 46.1 Å². The molecule has 2 nitrogen and oxygen atoms in total. The molecule has 1 saturated heterocycles. The smallest absolute Gasteiger partial charge is 0.307 e. The predicted molar refractivity (Wildman–Crippen MR) is 98.1 cm³/mol. The van der Waals surface area contributed by atoms with Crippen molar-refractivity contribution in [1.29, 1.82) is 0 Å². The van der Waals surface area contributed by atoms with E-state index in [-0.39, 0.29) is 23.4 Å². The number of carbonyl (C=O) groups is 1. The number of hydrogen-bond donors (Lipinski definition) is 0. The van der Waals surface area contributed by atoms with Crippen molar-refractivity contribution in [3.63, 3.8) is 0 Å². The summed E-state index contributed by atoms with van der Waals surface area (Å²) in [4.78, 5) is 12.3. The van der Waals surface area contributed by atoms with Crippen LogP contribution >= 0.6 is 31.9 Å². The Morgan fingerprint density at radius 1 is 1.39 bits per heavy atom. The van der Waals surface area contributed by atoms with Crippen molar-refractivity contribution >= 4 is 37.8 Å². The highest BCUT2D eigenvalue weighted by atomic mass is 79.9. The molecule has 0 aromatic rings. The molecule has 23 heavy (non-hydrogen) atoms. The van der Waals surface area contributed by atoms with Crippen molar-refractivity contribution in [2.75, 3.05) is 0 Å². The average Bonchev–Trinajstić information content (AvgIpc) is 2.74. The van der Waals surface area contributed by atoms with E-state index in [4.69, 9.17) is 4.74 Å². The van der Waals surface area contributed by atoms with Crippen LogP contribution in [0.2, 0.25) is 0 Å². The van der Waals surface area contributed by atoms with Gasteiger partial charge in [-0.3, -0.25) is 4.79 Å². The van der Waals surface area contributed by atoms with Gasteiger partial charge in [-0.05, 0) is 68.4 Å². The Morgan fingerprint density at radius 2 is 2.09 bits per heavy atom. The van der Waals surface area contributed by atoms with E-state index < -0.39 is 0 Å². The lowest BCUT2D eigenvalue weighted by Gasteiger charge is -2.42. The zero-order valence-electron chi connectivity index (χ0n) is 14.1. The summed E-state index contributed by atoms with van der Waals surface area (Å²) in [6, 6.07) is 0. The Labute approximate surface area is 155 Å². The van der Waals surface area contributed by atoms with Gasteiger partial charge in [-0.2, -0.15) is 0 Å². The van der Waals surface area contributed by atoms with Crippen LogP contribution in [-0.2, 0) is 9.53 Å². The van der Waals surface area contributed by atoms with E-state index in [9.17, 15) is 4.79 Å². The highest BCUT2D eigenvalue weighted by Crippen LogP contribution is 2.73. The van der Waals surface area contributed by atoms with Gasteiger partial charge in [0.25, 0.3) is 0 Å². The van der Waals surface area contributed by atoms with Crippen LogP contribution in [-0.4, -0.2) is 11.6 Å². The van der Waals surface area contributed by atoms with Gasteiger partial charge >= 0.3 is 5.97 Å². The van der Waals surface area contributed by atoms with Crippen LogP contribution in [0.4, 0.5) is 0 Å². The third-order valence-electron chi connectivity index (χ3n) is 7.31. The highest BCUT2D eigenvalue weighted by Gasteiger charge is 2.73. The summed E-state index contributed by atoms with van der Waals surface area (Å²) >= 11 is 7.15. The molecule has 0 radical (unpaired) electrons. The molecule has 0 unspecified atom stereocenters. The molecule has 1 aliphatic heterocycles. The van der Waals surface area contributed by atoms with Crippen LogP contribution in [0.15, 0.2) is 21.1 Å². The average molecular weight is 444 g/mol. The first kappa shape index (κ1) is 16.4. The molecule has 0 aromatic carbocycles. The summed E-state index contributed by atoms with van der Waals surface area (Å²) in [5.41, 5.74) is 1.33. The second-order valence-electron chi connectivity index (χ2n) is 8.67. The normalized spacial score (nSPS) is 49.3. The van der Waals surface area contributed by atoms with E-state index in [1.54, 1.807) is 0 Å². The van der Waals surface area contributed by atoms with Crippen molar-refractivity contribution in [2.24, 2.45) is 40.9 Å². The van der Waals surface area contributed by atoms with Gasteiger partial charge in [-0.15, -0.1) is 0 Å². The molecule has 126 valence electrons. The monoisotopic (exact) mass is 442 g/mol. The summed E-state index contributed by atoms with van der Waals surface area (Å²) in [7, 11) is 0. The zero-order valence-corrected chi connectivity index (χ0v) is 17.3. The van der Waals surface area contributed by atoms with Gasteiger partial charge in [0.15, 0.2) is 0 Å². The van der Waals surface area contributed by atoms with Gasteiger partial charge < -0.3 is 4.74 Å². The quantitative estimate of drug-likeness (QED) is 0.399. The second kappa shape index (κ2) is 4.97. The number of carbonyl (C=O) groups excluding carboxylic acids is 1. The Balaban J connectivity index is 1.89. The van der Waals surface area contributed by atoms with Crippen molar-refractivity contribution in [3.05, 3.63) is 21.1 Å². The zero-order chi connectivity index (χ0) is 16.7. The van der Waals surface area contributed by atoms with Gasteiger partial charge in [-0.25, -0.2) is 0 Å². The number of fused-ring (bicyclic) bond motifs is 1. The van der Waals surface area contributed by atoms with Crippen molar-refractivity contribution in [1.82, 2.24) is 0 Å². The largest absolute Gasteiger partial charge is 0.457 e. The van der Waals surface area contributed by atoms with E-state index in [1.165, 1.54) is 12.0 Å². The minimum Gasteiger partial charge on any atom is -0.457 e. The van der Waals surface area contributed by atoms with E-state index in [1.807, 2.05) is 0 Å². The molecule has 0 bridgehead atoms. The molecule has 0 amide bonds. The van der Waals surface area contributed by atoms with Crippen LogP contribution in [0.5, 0.6) is 0 Å². The fourth-order valence-corrected chi connectivity index (χ4v) is 6.83. The minimum absolute atomic E-state index is 0.0133. The Morgan fingerprint density at radius 3 is 2.74 bits per heavy atom. The Hall–Kier alpha value is -0.0900. The molecule has 3 fully saturated rings. The molecule has 1 heterocycles. The molecule has 1 spiro atoms. The van der Waals surface area contributed by atoms with Gasteiger partial charge in [0.05, 0.1) is 9.81 Å². The van der Waals surface area contributed by atoms with E-state index in [0.29, 0.717) is 29.6 Å². The van der Waals surface area contributed by atoms with Crippen LogP contribution in [0.25, 0.3) is 0 Å². The summed E-state index contributed by atoms with van der Waals surface area (Å²) in [5, 5.41) is 0. The first-order valence-corrected chi connectivity index (χ1v) is 10.2. The van der Waals surface area contributed by atoms with Gasteiger partial charge in [-0.1, -0.05) is 38.5 Å². The lowest BCUT2D eigenvalue weighted by atomic mass is 9.67. The molecular weight excluding hydrogens is 420 g/mol. The molecule has 0 aromatic heterocycles. The lowest BCUT2D eigenvalue weighted by molar-refractivity contribution is -0.159. The first-order chi connectivity index (χ1) is 10.7. The summed E-state index contributed by atoms with van der Waals surface area (Å²) in [6.45, 7) is 9.31. The SMILES string of the molecule is CC1=C[C@H]2[C@H](C)C[C@@H]3[C@H]([C@H](C=C(Br)Br)[C@]24OC(=O)C[C@H]14)C3(C)C. The van der Waals surface area contributed by atoms with Crippen LogP contribution in [0, 0.1) is 40.9 Å². The first-order valence-electron chi connectivity index (χ1n) is 8.62. The van der Waals surface area contributed by atoms with Gasteiger partial charge in [0.1, 0.15) is 5.60 Å². The third kappa shape index (κ3) is 2.06. The second-order valence-corrected chi connectivity index (χ2v) is 11.4. The number of rotatable bonds is 1. The van der Waals surface area contributed by atoms with Crippen LogP contribution in [0.1, 0.15) is 40.5 Å². The maximum absolute atomic E-state index is 12.3. The molecule has 4 aliphatic rings. The summed E-state index contributed by atoms with van der Waals surface area (Å²) in [6.07, 6.45) is 6.48. The predicted octanol–water partition coefficient (Wildman–Crippen LogP) is 5.42. The van der Waals surface area contributed by atoms with E-state index in [2.05, 4.69) is 71.7 Å². The highest BCUT2D eigenvalue weighted by molar-refractivity contribution is 9.28. The van der Waals surface area contributed by atoms with Crippen molar-refractivity contribution < 1.29 is 9.53 Å². The number of halogens is 2. The lowest BCUT2D eigenvalue weighted by Crippen LogP contribution is -2.49. The maximum Gasteiger partial charge on any atom is 0.307 e. The summed E-state index contributed by atoms with van der Waals surface area (Å²) < 4.78 is 7.20. The molecule has 2 saturated carbocycles. The van der Waals surface area contributed by atoms with Gasteiger partial charge in [0, 0.05) is 17.8 Å². The fourth-order valence-electron chi connectivity index (χ4n) is 6.26. The topological polar surface area (TPSA) is 26.3 Å². The van der Waals surface area contributed by atoms with Crippen LogP contribution < -0.4 is 0 Å². The molecular formula is C19H24Br2O2. The molecule has 7 atom stereocenters. The minimum atomic E-state index is -0.361. The summed E-state index contributed by atoms with van der Waals surface area (Å²) in [5.74, 6) is 2.74. The molecule has 4 rings (SSSR count). The molecule has 0 N–H and O–H groups in total. The third-order valence-corrected chi connectivity index (χ3v) is 7.84. The Bertz CT molecular complexity index is 631. The Kier molecular flexibility index (Phi) is 3.54. The van der Waals surface area contributed by atoms with Crippen molar-refractivity contribution in [3.8, 4) is 0 Å². The molecule has 4 heteroatoms. The number of hydrogen-bond acceptors (Lipinski definition) is 2. The van der Waals surface area contributed by atoms with Crippen LogP contribution in [0.3, 0.4) is 0 Å². The maximum atomic E-state index is 12.3. The number of esters is 1. The molecule has 3 aliphatic carbocycles. The standard InChI is InChI=1S/C19H24Br2O2/c1-9-5-11-10(2)6-13-17(18(13,3)4)14(7-15(20)21)19(11)12(9)8-16(22)23-19/h5,7,10-14,17H,6,8H2,1-4H3/t10-,11+,12-,13-,14+,17-,19+/m1/s1.